The lowest BCUT2D eigenvalue weighted by Gasteiger charge is -2.42. The van der Waals surface area contributed by atoms with Gasteiger partial charge in [-0.25, -0.2) is 13.6 Å². The zero-order chi connectivity index (χ0) is 25.5. The fraction of sp³-hybridized carbons (Fsp3) is 0.469. The highest BCUT2D eigenvalue weighted by atomic mass is 19.2. The Labute approximate surface area is 214 Å². The highest BCUT2D eigenvalue weighted by Gasteiger charge is 2.37. The van der Waals surface area contributed by atoms with Crippen LogP contribution in [0.2, 0.25) is 0 Å². The third-order valence-electron chi connectivity index (χ3n) is 8.24. The summed E-state index contributed by atoms with van der Waals surface area (Å²) in [5.74, 6) is -0.497. The van der Waals surface area contributed by atoms with Crippen molar-refractivity contribution in [2.45, 2.75) is 77.0 Å². The summed E-state index contributed by atoms with van der Waals surface area (Å²) in [5, 5.41) is 0. The predicted octanol–water partition coefficient (Wildman–Crippen LogP) is 8.96. The Morgan fingerprint density at radius 2 is 1.72 bits per heavy atom. The highest BCUT2D eigenvalue weighted by Crippen LogP contribution is 2.48. The maximum absolute atomic E-state index is 15.2. The van der Waals surface area contributed by atoms with Gasteiger partial charge in [-0.1, -0.05) is 42.8 Å². The third-order valence-corrected chi connectivity index (χ3v) is 8.24. The number of ether oxygens (including phenoxy) is 1. The number of fused-ring (bicyclic) bond motifs is 1. The Morgan fingerprint density at radius 3 is 2.47 bits per heavy atom. The number of hydrogen-bond donors (Lipinski definition) is 0. The van der Waals surface area contributed by atoms with Gasteiger partial charge in [0.1, 0.15) is 5.75 Å². The van der Waals surface area contributed by atoms with Crippen molar-refractivity contribution in [3.63, 3.8) is 0 Å². The van der Waals surface area contributed by atoms with E-state index in [2.05, 4.69) is 12.7 Å². The second-order valence-electron chi connectivity index (χ2n) is 10.5. The van der Waals surface area contributed by atoms with Crippen LogP contribution in [0.25, 0.3) is 0 Å². The molecule has 0 heterocycles. The molecule has 2 saturated carbocycles. The highest BCUT2D eigenvalue weighted by molar-refractivity contribution is 5.91. The summed E-state index contributed by atoms with van der Waals surface area (Å²) >= 11 is 0. The molecule has 2 fully saturated rings. The number of carbonyl (C=O) groups excluding carboxylic acids is 1. The van der Waals surface area contributed by atoms with Gasteiger partial charge in [-0.3, -0.25) is 0 Å². The van der Waals surface area contributed by atoms with Crippen molar-refractivity contribution < 1.29 is 18.3 Å². The first-order valence-electron chi connectivity index (χ1n) is 13.5. The van der Waals surface area contributed by atoms with E-state index >= 15 is 8.78 Å². The largest absolute Gasteiger partial charge is 0.423 e. The van der Waals surface area contributed by atoms with Gasteiger partial charge in [-0.15, -0.1) is 6.58 Å². The summed E-state index contributed by atoms with van der Waals surface area (Å²) in [7, 11) is 0. The Kier molecular flexibility index (Phi) is 9.12. The smallest absolute Gasteiger partial charge is 0.346 e. The van der Waals surface area contributed by atoms with Gasteiger partial charge in [-0.05, 0) is 118 Å². The molecule has 4 unspecified atom stereocenters. The lowest BCUT2D eigenvalue weighted by Crippen LogP contribution is -2.30. The molecule has 2 aromatic carbocycles. The molecule has 36 heavy (non-hydrogen) atoms. The van der Waals surface area contributed by atoms with Crippen molar-refractivity contribution in [2.24, 2.45) is 17.8 Å². The van der Waals surface area contributed by atoms with Crippen LogP contribution in [-0.4, -0.2) is 5.97 Å². The molecular weight excluding hydrogens is 454 g/mol. The molecule has 0 aliphatic heterocycles. The molecule has 0 N–H and O–H groups in total. The Hall–Kier alpha value is -2.75. The molecule has 2 aliphatic rings. The van der Waals surface area contributed by atoms with E-state index in [1.165, 1.54) is 31.7 Å². The van der Waals surface area contributed by atoms with Gasteiger partial charge in [0.25, 0.3) is 0 Å². The summed E-state index contributed by atoms with van der Waals surface area (Å²) in [6.45, 7) is 5.83. The molecule has 2 nitrogen and oxygen atoms in total. The number of esters is 1. The lowest BCUT2D eigenvalue weighted by atomic mass is 9.63. The fourth-order valence-corrected chi connectivity index (χ4v) is 6.22. The van der Waals surface area contributed by atoms with Crippen LogP contribution < -0.4 is 4.74 Å². The number of aryl methyl sites for hydroxylation is 1. The molecule has 2 aromatic rings. The third kappa shape index (κ3) is 6.32. The topological polar surface area (TPSA) is 26.3 Å². The Morgan fingerprint density at radius 1 is 0.972 bits per heavy atom. The van der Waals surface area contributed by atoms with Crippen LogP contribution in [0.15, 0.2) is 61.2 Å². The van der Waals surface area contributed by atoms with Crippen molar-refractivity contribution in [1.29, 1.82) is 0 Å². The van der Waals surface area contributed by atoms with Crippen molar-refractivity contribution >= 4 is 5.97 Å². The SMILES string of the molecule is C=CCCC1CCC2CC(c3ccc(C(=O)Oc4ccc(CC/C=C/C)cc4)c(F)c3F)CCC2C1. The van der Waals surface area contributed by atoms with Crippen LogP contribution in [0.3, 0.4) is 0 Å². The molecule has 4 atom stereocenters. The molecular formula is C32H38F2O2. The van der Waals surface area contributed by atoms with E-state index in [0.29, 0.717) is 23.1 Å². The average Bonchev–Trinajstić information content (AvgIpc) is 2.89. The summed E-state index contributed by atoms with van der Waals surface area (Å²) in [5.41, 5.74) is 1.17. The van der Waals surface area contributed by atoms with Crippen molar-refractivity contribution in [3.05, 3.63) is 89.5 Å². The Balaban J connectivity index is 1.38. The van der Waals surface area contributed by atoms with Gasteiger partial charge < -0.3 is 4.74 Å². The van der Waals surface area contributed by atoms with Crippen LogP contribution in [0.4, 0.5) is 8.78 Å². The van der Waals surface area contributed by atoms with E-state index < -0.39 is 17.6 Å². The average molecular weight is 493 g/mol. The van der Waals surface area contributed by atoms with Gasteiger partial charge in [0.15, 0.2) is 11.6 Å². The van der Waals surface area contributed by atoms with Gasteiger partial charge in [0.05, 0.1) is 5.56 Å². The first-order chi connectivity index (χ1) is 17.5. The van der Waals surface area contributed by atoms with Crippen molar-refractivity contribution in [3.8, 4) is 5.75 Å². The molecule has 2 aliphatic carbocycles. The summed E-state index contributed by atoms with van der Waals surface area (Å²) in [6, 6.07) is 10.1. The summed E-state index contributed by atoms with van der Waals surface area (Å²) < 4.78 is 35.5. The van der Waals surface area contributed by atoms with Gasteiger partial charge in [0.2, 0.25) is 0 Å². The second kappa shape index (κ2) is 12.5. The van der Waals surface area contributed by atoms with Crippen molar-refractivity contribution in [1.82, 2.24) is 0 Å². The normalized spacial score (nSPS) is 23.9. The maximum Gasteiger partial charge on any atom is 0.346 e. The molecule has 0 saturated heterocycles. The minimum atomic E-state index is -1.10. The zero-order valence-corrected chi connectivity index (χ0v) is 21.4. The fourth-order valence-electron chi connectivity index (χ4n) is 6.22. The minimum absolute atomic E-state index is 0.00523. The van der Waals surface area contributed by atoms with Crippen molar-refractivity contribution in [2.75, 3.05) is 0 Å². The number of benzene rings is 2. The molecule has 0 aromatic heterocycles. The molecule has 4 heteroatoms. The molecule has 0 amide bonds. The molecule has 0 spiro atoms. The zero-order valence-electron chi connectivity index (χ0n) is 21.4. The number of rotatable bonds is 9. The Bertz CT molecular complexity index is 1070. The first kappa shape index (κ1) is 26.3. The van der Waals surface area contributed by atoms with E-state index in [-0.39, 0.29) is 11.5 Å². The van der Waals surface area contributed by atoms with Gasteiger partial charge in [0, 0.05) is 0 Å². The lowest BCUT2D eigenvalue weighted by molar-refractivity contribution is 0.0728. The van der Waals surface area contributed by atoms with Crippen LogP contribution >= 0.6 is 0 Å². The summed E-state index contributed by atoms with van der Waals surface area (Å²) in [4.78, 5) is 12.6. The monoisotopic (exact) mass is 492 g/mol. The minimum Gasteiger partial charge on any atom is -0.423 e. The van der Waals surface area contributed by atoms with E-state index in [4.69, 9.17) is 4.74 Å². The number of hydrogen-bond acceptors (Lipinski definition) is 2. The van der Waals surface area contributed by atoms with Crippen LogP contribution in [0.5, 0.6) is 5.75 Å². The second-order valence-corrected chi connectivity index (χ2v) is 10.5. The van der Waals surface area contributed by atoms with E-state index in [1.807, 2.05) is 31.2 Å². The van der Waals surface area contributed by atoms with E-state index in [1.54, 1.807) is 18.2 Å². The predicted molar refractivity (Wildman–Crippen MR) is 141 cm³/mol. The molecule has 192 valence electrons. The van der Waals surface area contributed by atoms with Gasteiger partial charge in [-0.2, -0.15) is 0 Å². The number of halogens is 2. The first-order valence-corrected chi connectivity index (χ1v) is 13.5. The van der Waals surface area contributed by atoms with Crippen LogP contribution in [0.1, 0.15) is 92.1 Å². The maximum atomic E-state index is 15.2. The molecule has 0 bridgehead atoms. The molecule has 4 rings (SSSR count). The summed E-state index contributed by atoms with van der Waals surface area (Å²) in [6.07, 6.45) is 16.7. The molecule has 0 radical (unpaired) electrons. The number of carbonyl (C=O) groups is 1. The number of allylic oxidation sites excluding steroid dienone is 3. The van der Waals surface area contributed by atoms with Gasteiger partial charge >= 0.3 is 5.97 Å². The van der Waals surface area contributed by atoms with E-state index in [9.17, 15) is 4.79 Å². The van der Waals surface area contributed by atoms with E-state index in [0.717, 1.165) is 50.0 Å². The quantitative estimate of drug-likeness (QED) is 0.198. The standard InChI is InChI=1S/C32H38F2O2/c1-3-5-7-9-22-11-16-27(17-12-22)36-32(35)29-19-18-28(30(33)31(29)34)26-15-14-24-20-23(8-6-4-2)10-13-25(24)21-26/h3-5,11-12,16-19,23-26H,2,6-10,13-15,20-21H2,1H3/b5-3+. The van der Waals surface area contributed by atoms with Crippen LogP contribution in [-0.2, 0) is 6.42 Å². The van der Waals surface area contributed by atoms with Crippen LogP contribution in [0, 0.1) is 29.4 Å².